The van der Waals surface area contributed by atoms with Gasteiger partial charge in [0.2, 0.25) is 0 Å². The lowest BCUT2D eigenvalue weighted by Crippen LogP contribution is -2.69. The Kier molecular flexibility index (Phi) is 14.8. The summed E-state index contributed by atoms with van der Waals surface area (Å²) in [4.78, 5) is 14.8. The Morgan fingerprint density at radius 2 is 1.58 bits per heavy atom. The summed E-state index contributed by atoms with van der Waals surface area (Å²) >= 11 is 0. The monoisotopic (exact) mass is 1230 g/mol. The van der Waals surface area contributed by atoms with Crippen LogP contribution >= 0.6 is 0 Å². The Bertz CT molecular complexity index is 3790. The molecular formula is C86H108N2O4. The van der Waals surface area contributed by atoms with Gasteiger partial charge in [-0.1, -0.05) is 173 Å². The predicted octanol–water partition coefficient (Wildman–Crippen LogP) is 16.8. The molecule has 3 aromatic carbocycles. The number of rotatable bonds is 5. The minimum atomic E-state index is -0.721. The van der Waals surface area contributed by atoms with E-state index in [2.05, 4.69) is 142 Å². The van der Waals surface area contributed by atoms with Crippen molar-refractivity contribution in [1.29, 1.82) is 0 Å². The van der Waals surface area contributed by atoms with Gasteiger partial charge in [-0.2, -0.15) is 0 Å². The maximum atomic E-state index is 14.8. The molecule has 6 nitrogen and oxygen atoms in total. The van der Waals surface area contributed by atoms with Gasteiger partial charge in [0.1, 0.15) is 0 Å². The molecule has 0 radical (unpaired) electrons. The van der Waals surface area contributed by atoms with Crippen LogP contribution in [0.1, 0.15) is 216 Å². The molecule has 18 unspecified atom stereocenters. The molecule has 6 aliphatic heterocycles. The first kappa shape index (κ1) is 60.5. The van der Waals surface area contributed by atoms with E-state index in [9.17, 15) is 20.1 Å². The van der Waals surface area contributed by atoms with E-state index in [4.69, 9.17) is 6.58 Å². The zero-order valence-electron chi connectivity index (χ0n) is 56.4. The molecule has 92 heavy (non-hydrogen) atoms. The quantitative estimate of drug-likeness (QED) is 0.163. The Hall–Kier alpha value is -5.17. The molecule has 5 N–H and O–H groups in total. The van der Waals surface area contributed by atoms with Crippen molar-refractivity contribution in [2.24, 2.45) is 97.6 Å². The van der Waals surface area contributed by atoms with Crippen LogP contribution in [0.15, 0.2) is 137 Å². The largest absolute Gasteiger partial charge is 0.481 e. The number of fused-ring (bicyclic) bond motifs is 5. The molecule has 14 bridgehead atoms. The number of carboxylic acid groups (broad SMARTS) is 1. The summed E-state index contributed by atoms with van der Waals surface area (Å²) in [6.45, 7) is 16.6. The first-order valence-electron chi connectivity index (χ1n) is 37.8. The van der Waals surface area contributed by atoms with Crippen molar-refractivity contribution >= 4 is 23.2 Å². The summed E-state index contributed by atoms with van der Waals surface area (Å²) in [6.07, 6.45) is 41.0. The third kappa shape index (κ3) is 9.04. The number of aliphatic hydroxyl groups excluding tert-OH is 2. The van der Waals surface area contributed by atoms with Crippen LogP contribution in [0.3, 0.4) is 0 Å². The molecule has 6 fully saturated rings. The maximum Gasteiger partial charge on any atom is 0.306 e. The molecule has 0 amide bonds. The highest BCUT2D eigenvalue weighted by molar-refractivity contribution is 5.78. The lowest BCUT2D eigenvalue weighted by Gasteiger charge is -2.74. The van der Waals surface area contributed by atoms with Gasteiger partial charge in [-0.05, 0) is 274 Å². The molecule has 18 atom stereocenters. The number of carboxylic acids is 1. The maximum absolute atomic E-state index is 14.8. The van der Waals surface area contributed by atoms with Crippen molar-refractivity contribution in [2.75, 3.05) is 13.1 Å². The first-order chi connectivity index (χ1) is 44.5. The third-order valence-electron chi connectivity index (χ3n) is 30.4. The summed E-state index contributed by atoms with van der Waals surface area (Å²) in [5.74, 6) is 4.44. The third-order valence-corrected chi connectivity index (χ3v) is 30.4. The Morgan fingerprint density at radius 1 is 0.750 bits per heavy atom. The smallest absolute Gasteiger partial charge is 0.306 e. The molecule has 0 aromatic heterocycles. The van der Waals surface area contributed by atoms with E-state index in [0.29, 0.717) is 48.9 Å². The highest BCUT2D eigenvalue weighted by atomic mass is 16.4. The summed E-state index contributed by atoms with van der Waals surface area (Å²) in [5.41, 5.74) is 15.0. The summed E-state index contributed by atoms with van der Waals surface area (Å²) in [7, 11) is 0. The van der Waals surface area contributed by atoms with Gasteiger partial charge >= 0.3 is 5.97 Å². The highest BCUT2D eigenvalue weighted by Crippen LogP contribution is 2.84. The van der Waals surface area contributed by atoms with Crippen molar-refractivity contribution in [1.82, 2.24) is 10.6 Å². The number of aliphatic carboxylic acids is 1. The van der Waals surface area contributed by atoms with Crippen molar-refractivity contribution in [3.8, 4) is 0 Å². The fraction of sp³-hybridized carbons (Fsp3) is 0.616. The minimum absolute atomic E-state index is 0.115. The average molecular weight is 1230 g/mol. The molecule has 486 valence electrons. The van der Waals surface area contributed by atoms with Crippen molar-refractivity contribution in [3.63, 3.8) is 0 Å². The number of allylic oxidation sites excluding steroid dienone is 9. The van der Waals surface area contributed by atoms with E-state index < -0.39 is 29.5 Å². The highest BCUT2D eigenvalue weighted by Gasteiger charge is 2.77. The SMILES string of the molecule is C=C1CCC(C(=O)O)C2C(O)CC3(C4CCC5(CC6CC7CCc8ccccc8C7CC6C5)C4)C4=C(CCC23C)C23CCC(O)C5(C)CC=C(CC(C)C)C(C=C6C(=c7ccccc7=CC62)Cc2cccc(c2)C2=CC=C(NCCCC1C1CCCCC1)NC2)(C4)C53. The number of hydrogen-bond donors (Lipinski definition) is 5. The molecule has 12 aliphatic carbocycles. The van der Waals surface area contributed by atoms with Crippen molar-refractivity contribution in [2.45, 2.75) is 219 Å². The fourth-order valence-corrected chi connectivity index (χ4v) is 27.0. The van der Waals surface area contributed by atoms with E-state index in [1.54, 1.807) is 27.8 Å². The van der Waals surface area contributed by atoms with Crippen LogP contribution in [0.4, 0.5) is 0 Å². The van der Waals surface area contributed by atoms with Crippen LogP contribution in [0.5, 0.6) is 0 Å². The van der Waals surface area contributed by atoms with E-state index >= 15 is 0 Å². The van der Waals surface area contributed by atoms with Crippen LogP contribution in [0.25, 0.3) is 17.2 Å². The lowest BCUT2D eigenvalue weighted by molar-refractivity contribution is -0.167. The number of aliphatic hydroxyl groups is 2. The Balaban J connectivity index is 0.856. The van der Waals surface area contributed by atoms with Gasteiger partial charge in [-0.3, -0.25) is 4.79 Å². The van der Waals surface area contributed by atoms with E-state index in [1.807, 2.05) is 0 Å². The lowest BCUT2D eigenvalue weighted by atomic mass is 9.29. The number of dihydropyridines is 1. The number of nitrogens with one attached hydrogen (secondary N) is 2. The standard InChI is InChI=1S/C86H108N2O4/c1-52(2)39-63-30-34-81(4)76(90)33-37-85-72-32-35-82(5)78-68(79(91)92)28-24-53(3)65(55-16-7-6-8-17-55)23-14-38-87-77-29-27-60(51-88-77)57-20-13-15-54(40-57)41-70-67-22-12-10-19-58(67)44-73(85)71(70)48-84(63,80(81)85)49-74(72)86(82,50-75(78)89)64-31-36-83(47-64)45-61-42-59-26-25-56-18-9-11-21-66(56)69(59)43-62(61)46-83/h9-13,15,18-22,27,29-30,40,44,48,52,55,59,61-62,64-65,68-69,73,75-76,78,80,87-90H,3,6-8,14,16-17,23-26,28,31-39,41-43,45-47,49-51H2,1-2,4-5H3,(H,91,92). The molecule has 21 rings (SSSR count). The van der Waals surface area contributed by atoms with Gasteiger partial charge in [0.25, 0.3) is 0 Å². The normalized spacial score (nSPS) is 41.9. The molecule has 6 heteroatoms. The van der Waals surface area contributed by atoms with Crippen LogP contribution in [0.2, 0.25) is 0 Å². The molecule has 18 aliphatic rings. The van der Waals surface area contributed by atoms with Gasteiger partial charge < -0.3 is 26.0 Å². The number of carbonyl (C=O) groups is 1. The molecule has 3 aromatic rings. The molecule has 3 spiro atoms. The summed E-state index contributed by atoms with van der Waals surface area (Å²) in [5, 5.41) is 49.4. The zero-order chi connectivity index (χ0) is 62.7. The second-order valence-corrected chi connectivity index (χ2v) is 34.9. The zero-order valence-corrected chi connectivity index (χ0v) is 56.4. The number of hydrogen-bond acceptors (Lipinski definition) is 5. The van der Waals surface area contributed by atoms with Crippen LogP contribution < -0.4 is 21.1 Å². The molecule has 0 saturated heterocycles. The first-order valence-corrected chi connectivity index (χ1v) is 37.8. The van der Waals surface area contributed by atoms with Gasteiger partial charge in [0.05, 0.1) is 23.9 Å². The van der Waals surface area contributed by atoms with Crippen LogP contribution in [-0.2, 0) is 17.6 Å². The molecule has 6 heterocycles. The van der Waals surface area contributed by atoms with Crippen LogP contribution in [0, 0.1) is 97.6 Å². The Morgan fingerprint density at radius 3 is 2.40 bits per heavy atom. The van der Waals surface area contributed by atoms with Gasteiger partial charge in [-0.25, -0.2) is 0 Å². The van der Waals surface area contributed by atoms with Gasteiger partial charge in [0, 0.05) is 46.6 Å². The summed E-state index contributed by atoms with van der Waals surface area (Å²) < 4.78 is 0. The fourth-order valence-electron chi connectivity index (χ4n) is 27.0. The van der Waals surface area contributed by atoms with Gasteiger partial charge in [0.15, 0.2) is 0 Å². The van der Waals surface area contributed by atoms with E-state index in [-0.39, 0.29) is 44.8 Å². The molecular weight excluding hydrogens is 1120 g/mol. The second-order valence-electron chi connectivity index (χ2n) is 34.9. The van der Waals surface area contributed by atoms with Crippen molar-refractivity contribution in [3.05, 3.63) is 170 Å². The topological polar surface area (TPSA) is 102 Å². The number of aryl methyl sites for hydroxylation is 1. The summed E-state index contributed by atoms with van der Waals surface area (Å²) in [6, 6.07) is 28.4. The Labute approximate surface area is 550 Å². The van der Waals surface area contributed by atoms with E-state index in [1.165, 1.54) is 134 Å². The number of benzene rings is 3. The van der Waals surface area contributed by atoms with Gasteiger partial charge in [-0.15, -0.1) is 0 Å². The molecule has 6 saturated carbocycles. The van der Waals surface area contributed by atoms with Crippen LogP contribution in [-0.4, -0.2) is 46.6 Å². The second kappa shape index (κ2) is 22.5. The van der Waals surface area contributed by atoms with E-state index in [0.717, 1.165) is 101 Å². The average Bonchev–Trinajstić information content (AvgIpc) is 0.997. The predicted molar refractivity (Wildman–Crippen MR) is 372 cm³/mol. The minimum Gasteiger partial charge on any atom is -0.481 e. The van der Waals surface area contributed by atoms with Crippen molar-refractivity contribution < 1.29 is 20.1 Å².